The molecule has 0 saturated carbocycles. The van der Waals surface area contributed by atoms with Crippen LogP contribution in [0.2, 0.25) is 0 Å². The SMILES string of the molecule is O=C(O)C1(NS(=O)(=O)c2c(F)cccc2F)CCSC1. The fourth-order valence-corrected chi connectivity index (χ4v) is 4.85. The number of rotatable bonds is 4. The van der Waals surface area contributed by atoms with Crippen molar-refractivity contribution in [2.45, 2.75) is 16.9 Å². The van der Waals surface area contributed by atoms with Gasteiger partial charge in [0.1, 0.15) is 17.2 Å². The first kappa shape index (κ1) is 15.2. The largest absolute Gasteiger partial charge is 0.480 e. The van der Waals surface area contributed by atoms with Gasteiger partial charge in [0.15, 0.2) is 4.90 Å². The number of hydrogen-bond acceptors (Lipinski definition) is 4. The van der Waals surface area contributed by atoms with Gasteiger partial charge < -0.3 is 5.11 Å². The highest BCUT2D eigenvalue weighted by atomic mass is 32.2. The van der Waals surface area contributed by atoms with Crippen LogP contribution in [0.3, 0.4) is 0 Å². The first-order valence-corrected chi connectivity index (χ1v) is 8.21. The van der Waals surface area contributed by atoms with E-state index in [1.54, 1.807) is 0 Å². The number of aliphatic carboxylic acids is 1. The molecule has 0 aliphatic carbocycles. The maximum atomic E-state index is 13.5. The van der Waals surface area contributed by atoms with E-state index in [0.29, 0.717) is 5.75 Å². The van der Waals surface area contributed by atoms with Crippen molar-refractivity contribution in [1.29, 1.82) is 0 Å². The summed E-state index contributed by atoms with van der Waals surface area (Å²) < 4.78 is 53.2. The van der Waals surface area contributed by atoms with Crippen molar-refractivity contribution in [2.75, 3.05) is 11.5 Å². The van der Waals surface area contributed by atoms with Crippen LogP contribution in [-0.4, -0.2) is 36.5 Å². The van der Waals surface area contributed by atoms with Crippen molar-refractivity contribution in [3.05, 3.63) is 29.8 Å². The third kappa shape index (κ3) is 2.65. The van der Waals surface area contributed by atoms with Gasteiger partial charge in [-0.05, 0) is 24.3 Å². The van der Waals surface area contributed by atoms with E-state index in [2.05, 4.69) is 0 Å². The predicted molar refractivity (Wildman–Crippen MR) is 69.0 cm³/mol. The Morgan fingerprint density at radius 2 is 1.95 bits per heavy atom. The van der Waals surface area contributed by atoms with Crippen molar-refractivity contribution in [3.63, 3.8) is 0 Å². The Balaban J connectivity index is 2.44. The molecule has 9 heteroatoms. The van der Waals surface area contributed by atoms with Crippen molar-refractivity contribution >= 4 is 27.8 Å². The Labute approximate surface area is 118 Å². The highest BCUT2D eigenvalue weighted by molar-refractivity contribution is 7.99. The van der Waals surface area contributed by atoms with Crippen LogP contribution >= 0.6 is 11.8 Å². The first-order valence-electron chi connectivity index (χ1n) is 5.58. The maximum absolute atomic E-state index is 13.5. The van der Waals surface area contributed by atoms with Crippen molar-refractivity contribution in [1.82, 2.24) is 4.72 Å². The fraction of sp³-hybridized carbons (Fsp3) is 0.364. The van der Waals surface area contributed by atoms with E-state index in [-0.39, 0.29) is 12.2 Å². The van der Waals surface area contributed by atoms with Crippen molar-refractivity contribution in [2.24, 2.45) is 0 Å². The predicted octanol–water partition coefficient (Wildman–Crippen LogP) is 1.20. The van der Waals surface area contributed by atoms with Gasteiger partial charge in [-0.3, -0.25) is 4.79 Å². The lowest BCUT2D eigenvalue weighted by Crippen LogP contribution is -2.54. The maximum Gasteiger partial charge on any atom is 0.325 e. The lowest BCUT2D eigenvalue weighted by molar-refractivity contribution is -0.142. The van der Waals surface area contributed by atoms with Gasteiger partial charge in [-0.2, -0.15) is 16.5 Å². The average Bonchev–Trinajstić information content (AvgIpc) is 2.77. The smallest absolute Gasteiger partial charge is 0.325 e. The summed E-state index contributed by atoms with van der Waals surface area (Å²) in [4.78, 5) is 10.1. The monoisotopic (exact) mass is 323 g/mol. The van der Waals surface area contributed by atoms with Crippen molar-refractivity contribution < 1.29 is 27.1 Å². The fourth-order valence-electron chi connectivity index (χ4n) is 1.91. The summed E-state index contributed by atoms with van der Waals surface area (Å²) in [6, 6.07) is 2.63. The first-order chi connectivity index (χ1) is 9.28. The minimum atomic E-state index is -4.60. The molecule has 1 aliphatic heterocycles. The number of benzene rings is 1. The average molecular weight is 323 g/mol. The van der Waals surface area contributed by atoms with Gasteiger partial charge in [-0.1, -0.05) is 6.07 Å². The lowest BCUT2D eigenvalue weighted by Gasteiger charge is -2.24. The van der Waals surface area contributed by atoms with Crippen molar-refractivity contribution in [3.8, 4) is 0 Å². The second-order valence-corrected chi connectivity index (χ2v) is 7.07. The highest BCUT2D eigenvalue weighted by Gasteiger charge is 2.46. The van der Waals surface area contributed by atoms with E-state index >= 15 is 0 Å². The highest BCUT2D eigenvalue weighted by Crippen LogP contribution is 2.30. The van der Waals surface area contributed by atoms with Gasteiger partial charge in [0.2, 0.25) is 10.0 Å². The van der Waals surface area contributed by atoms with Gasteiger partial charge in [-0.25, -0.2) is 17.2 Å². The molecule has 1 atom stereocenters. The molecule has 0 spiro atoms. The molecule has 20 heavy (non-hydrogen) atoms. The third-order valence-corrected chi connectivity index (χ3v) is 5.73. The zero-order valence-electron chi connectivity index (χ0n) is 10.1. The summed E-state index contributed by atoms with van der Waals surface area (Å²) in [5.74, 6) is -3.41. The summed E-state index contributed by atoms with van der Waals surface area (Å²) in [7, 11) is -4.60. The normalized spacial score (nSPS) is 22.9. The molecule has 1 aromatic rings. The van der Waals surface area contributed by atoms with Crippen LogP contribution in [0.4, 0.5) is 8.78 Å². The van der Waals surface area contributed by atoms with Gasteiger partial charge in [0.05, 0.1) is 0 Å². The number of carboxylic acids is 1. The molecule has 0 aromatic heterocycles. The van der Waals surface area contributed by atoms with Gasteiger partial charge in [0.25, 0.3) is 0 Å². The minimum Gasteiger partial charge on any atom is -0.480 e. The van der Waals surface area contributed by atoms with Crippen LogP contribution in [0.25, 0.3) is 0 Å². The van der Waals surface area contributed by atoms with E-state index < -0.39 is 38.1 Å². The summed E-state index contributed by atoms with van der Waals surface area (Å²) >= 11 is 1.26. The van der Waals surface area contributed by atoms with Gasteiger partial charge in [0, 0.05) is 5.75 Å². The van der Waals surface area contributed by atoms with Crippen LogP contribution in [-0.2, 0) is 14.8 Å². The number of halogens is 2. The van der Waals surface area contributed by atoms with Crippen LogP contribution < -0.4 is 4.72 Å². The van der Waals surface area contributed by atoms with Crippen LogP contribution in [0.5, 0.6) is 0 Å². The Kier molecular flexibility index (Phi) is 4.03. The van der Waals surface area contributed by atoms with E-state index in [1.165, 1.54) is 11.8 Å². The molecule has 1 saturated heterocycles. The molecule has 1 aromatic carbocycles. The number of sulfonamides is 1. The molecular formula is C11H11F2NO4S2. The molecule has 0 amide bonds. The van der Waals surface area contributed by atoms with E-state index in [1.807, 2.05) is 4.72 Å². The molecule has 5 nitrogen and oxygen atoms in total. The summed E-state index contributed by atoms with van der Waals surface area (Å²) in [6.07, 6.45) is 0.0578. The number of carboxylic acid groups (broad SMARTS) is 1. The Hall–Kier alpha value is -1.19. The summed E-state index contributed by atoms with van der Waals surface area (Å²) in [6.45, 7) is 0. The Morgan fingerprint density at radius 3 is 2.40 bits per heavy atom. The zero-order chi connectivity index (χ0) is 15.0. The topological polar surface area (TPSA) is 83.5 Å². The zero-order valence-corrected chi connectivity index (χ0v) is 11.7. The summed E-state index contributed by atoms with van der Waals surface area (Å²) in [5, 5.41) is 9.18. The van der Waals surface area contributed by atoms with E-state index in [9.17, 15) is 27.1 Å². The molecular weight excluding hydrogens is 312 g/mol. The number of thioether (sulfide) groups is 1. The van der Waals surface area contributed by atoms with Gasteiger partial charge >= 0.3 is 5.97 Å². The number of nitrogens with one attached hydrogen (secondary N) is 1. The molecule has 2 rings (SSSR count). The second-order valence-electron chi connectivity index (χ2n) is 4.35. The molecule has 2 N–H and O–H groups in total. The lowest BCUT2D eigenvalue weighted by atomic mass is 10.0. The number of hydrogen-bond donors (Lipinski definition) is 2. The molecule has 1 aliphatic rings. The number of carbonyl (C=O) groups is 1. The second kappa shape index (κ2) is 5.30. The van der Waals surface area contributed by atoms with Gasteiger partial charge in [-0.15, -0.1) is 0 Å². The molecule has 1 heterocycles. The van der Waals surface area contributed by atoms with E-state index in [0.717, 1.165) is 18.2 Å². The van der Waals surface area contributed by atoms with Crippen LogP contribution in [0.15, 0.2) is 23.1 Å². The molecule has 0 radical (unpaired) electrons. The Morgan fingerprint density at radius 1 is 1.35 bits per heavy atom. The standard InChI is InChI=1S/C11H11F2NO4S2/c12-7-2-1-3-8(13)9(7)20(17,18)14-11(10(15)16)4-5-19-6-11/h1-3,14H,4-6H2,(H,15,16). The minimum absolute atomic E-state index is 0.0115. The van der Waals surface area contributed by atoms with Crippen LogP contribution in [0, 0.1) is 11.6 Å². The van der Waals surface area contributed by atoms with Crippen LogP contribution in [0.1, 0.15) is 6.42 Å². The molecule has 0 bridgehead atoms. The molecule has 110 valence electrons. The molecule has 1 unspecified atom stereocenters. The third-order valence-electron chi connectivity index (χ3n) is 2.95. The van der Waals surface area contributed by atoms with E-state index in [4.69, 9.17) is 0 Å². The Bertz CT molecular complexity index is 622. The summed E-state index contributed by atoms with van der Waals surface area (Å²) in [5.41, 5.74) is -1.72. The molecule has 1 fully saturated rings. The quantitative estimate of drug-likeness (QED) is 0.870.